The van der Waals surface area contributed by atoms with Crippen LogP contribution in [0.2, 0.25) is 0 Å². The molecule has 4 nitrogen and oxygen atoms in total. The molecule has 116 valence electrons. The van der Waals surface area contributed by atoms with Crippen molar-refractivity contribution < 1.29 is 0 Å². The van der Waals surface area contributed by atoms with Gasteiger partial charge < -0.3 is 0 Å². The smallest absolute Gasteiger partial charge is 0.158 e. The van der Waals surface area contributed by atoms with Crippen molar-refractivity contribution in [2.75, 3.05) is 5.43 Å². The molecule has 2 heterocycles. The lowest BCUT2D eigenvalue weighted by Crippen LogP contribution is -2.01. The first-order valence-electron chi connectivity index (χ1n) is 7.85. The lowest BCUT2D eigenvalue weighted by molar-refractivity contribution is 0.917. The van der Waals surface area contributed by atoms with Crippen LogP contribution in [0, 0.1) is 6.92 Å². The van der Waals surface area contributed by atoms with E-state index in [1.54, 1.807) is 17.7 Å². The number of anilines is 1. The van der Waals surface area contributed by atoms with Crippen molar-refractivity contribution in [3.8, 4) is 0 Å². The van der Waals surface area contributed by atoms with Gasteiger partial charge >= 0.3 is 0 Å². The molecule has 1 aromatic carbocycles. The maximum absolute atomic E-state index is 4.53. The molecule has 0 aliphatic heterocycles. The fourth-order valence-electron chi connectivity index (χ4n) is 3.01. The molecule has 0 radical (unpaired) electrons. The average Bonchev–Trinajstić information content (AvgIpc) is 3.14. The molecule has 1 aliphatic rings. The van der Waals surface area contributed by atoms with Gasteiger partial charge in [-0.3, -0.25) is 5.43 Å². The first kappa shape index (κ1) is 14.3. The summed E-state index contributed by atoms with van der Waals surface area (Å²) in [6.07, 6.45) is 5.14. The van der Waals surface area contributed by atoms with Crippen LogP contribution in [0.25, 0.3) is 10.2 Å². The average molecular weight is 322 g/mol. The third-order valence-electron chi connectivity index (χ3n) is 4.30. The Morgan fingerprint density at radius 1 is 1.17 bits per heavy atom. The highest BCUT2D eigenvalue weighted by molar-refractivity contribution is 7.19. The van der Waals surface area contributed by atoms with E-state index in [1.807, 2.05) is 6.92 Å². The summed E-state index contributed by atoms with van der Waals surface area (Å²) >= 11 is 1.79. The first-order chi connectivity index (χ1) is 11.2. The molecule has 3 aromatic rings. The fourth-order valence-corrected chi connectivity index (χ4v) is 4.24. The maximum Gasteiger partial charge on any atom is 0.158 e. The van der Waals surface area contributed by atoms with E-state index in [-0.39, 0.29) is 0 Å². The first-order valence-corrected chi connectivity index (χ1v) is 8.66. The number of nitrogens with one attached hydrogen (secondary N) is 1. The molecule has 0 unspecified atom stereocenters. The minimum atomic E-state index is 0.820. The molecule has 0 saturated heterocycles. The Morgan fingerprint density at radius 3 is 2.83 bits per heavy atom. The van der Waals surface area contributed by atoms with Gasteiger partial charge in [-0.1, -0.05) is 29.8 Å². The molecule has 2 aromatic heterocycles. The quantitative estimate of drug-likeness (QED) is 0.577. The van der Waals surface area contributed by atoms with Gasteiger partial charge in [-0.25, -0.2) is 9.97 Å². The molecule has 0 saturated carbocycles. The van der Waals surface area contributed by atoms with Crippen molar-refractivity contribution in [1.82, 2.24) is 9.97 Å². The Morgan fingerprint density at radius 2 is 2.00 bits per heavy atom. The second-order valence-corrected chi connectivity index (χ2v) is 7.02. The van der Waals surface area contributed by atoms with Crippen molar-refractivity contribution in [3.63, 3.8) is 0 Å². The lowest BCUT2D eigenvalue weighted by Gasteiger charge is -2.05. The summed E-state index contributed by atoms with van der Waals surface area (Å²) in [6.45, 7) is 4.09. The number of rotatable bonds is 3. The zero-order valence-electron chi connectivity index (χ0n) is 13.3. The molecule has 0 bridgehead atoms. The predicted octanol–water partition coefficient (Wildman–Crippen LogP) is 4.32. The Hall–Kier alpha value is -2.27. The number of benzene rings is 1. The van der Waals surface area contributed by atoms with Gasteiger partial charge in [0.1, 0.15) is 11.2 Å². The molecule has 1 aliphatic carbocycles. The van der Waals surface area contributed by atoms with Gasteiger partial charge in [0.15, 0.2) is 5.82 Å². The van der Waals surface area contributed by atoms with Gasteiger partial charge in [0.2, 0.25) is 0 Å². The van der Waals surface area contributed by atoms with Crippen LogP contribution in [-0.4, -0.2) is 15.7 Å². The molecular weight excluding hydrogens is 304 g/mol. The molecule has 4 rings (SSSR count). The van der Waals surface area contributed by atoms with Gasteiger partial charge in [-0.05, 0) is 44.2 Å². The van der Waals surface area contributed by atoms with E-state index in [0.717, 1.165) is 33.7 Å². The number of thiophene rings is 1. The molecule has 5 heteroatoms. The highest BCUT2D eigenvalue weighted by atomic mass is 32.1. The number of hydrogen-bond acceptors (Lipinski definition) is 5. The minimum absolute atomic E-state index is 0.820. The number of hydrazone groups is 1. The van der Waals surface area contributed by atoms with Crippen LogP contribution in [-0.2, 0) is 12.8 Å². The van der Waals surface area contributed by atoms with Crippen molar-refractivity contribution in [3.05, 3.63) is 52.2 Å². The summed E-state index contributed by atoms with van der Waals surface area (Å²) in [4.78, 5) is 11.4. The molecule has 1 N–H and O–H groups in total. The highest BCUT2D eigenvalue weighted by Crippen LogP contribution is 2.38. The van der Waals surface area contributed by atoms with Gasteiger partial charge in [-0.2, -0.15) is 5.10 Å². The monoisotopic (exact) mass is 322 g/mol. The van der Waals surface area contributed by atoms with Crippen molar-refractivity contribution >= 4 is 33.1 Å². The van der Waals surface area contributed by atoms with E-state index in [1.165, 1.54) is 28.8 Å². The van der Waals surface area contributed by atoms with Crippen LogP contribution in [0.4, 0.5) is 5.82 Å². The molecule has 0 spiro atoms. The SMILES string of the molecule is C/C(=N/Nc1ncnc2sc3c(c12)CCC3)c1ccc(C)cc1. The number of aryl methyl sites for hydroxylation is 3. The van der Waals surface area contributed by atoms with E-state index < -0.39 is 0 Å². The number of nitrogens with zero attached hydrogens (tertiary/aromatic N) is 3. The second kappa shape index (κ2) is 5.74. The van der Waals surface area contributed by atoms with Crippen LogP contribution < -0.4 is 5.43 Å². The van der Waals surface area contributed by atoms with Crippen LogP contribution in [0.15, 0.2) is 35.7 Å². The van der Waals surface area contributed by atoms with E-state index in [9.17, 15) is 0 Å². The Kier molecular flexibility index (Phi) is 3.58. The summed E-state index contributed by atoms with van der Waals surface area (Å²) in [6, 6.07) is 8.38. The lowest BCUT2D eigenvalue weighted by atomic mass is 10.1. The van der Waals surface area contributed by atoms with Crippen LogP contribution >= 0.6 is 11.3 Å². The third kappa shape index (κ3) is 2.61. The van der Waals surface area contributed by atoms with Gasteiger partial charge in [0, 0.05) is 4.88 Å². The highest BCUT2D eigenvalue weighted by Gasteiger charge is 2.21. The Bertz CT molecular complexity index is 893. The number of fused-ring (bicyclic) bond motifs is 3. The van der Waals surface area contributed by atoms with E-state index in [0.29, 0.717) is 0 Å². The fraction of sp³-hybridized carbons (Fsp3) is 0.278. The standard InChI is InChI=1S/C18H18N4S/c1-11-6-8-13(9-7-11)12(2)21-22-17-16-14-4-3-5-15(14)23-18(16)20-10-19-17/h6-10H,3-5H2,1-2H3,(H,19,20,22)/b21-12-. The topological polar surface area (TPSA) is 50.2 Å². The summed E-state index contributed by atoms with van der Waals surface area (Å²) in [5.41, 5.74) is 7.89. The minimum Gasteiger partial charge on any atom is -0.260 e. The molecular formula is C18H18N4S. The predicted molar refractivity (Wildman–Crippen MR) is 96.5 cm³/mol. The van der Waals surface area contributed by atoms with Crippen LogP contribution in [0.5, 0.6) is 0 Å². The Labute approximate surface area is 139 Å². The van der Waals surface area contributed by atoms with Crippen LogP contribution in [0.1, 0.15) is 34.9 Å². The van der Waals surface area contributed by atoms with Gasteiger partial charge in [0.25, 0.3) is 0 Å². The largest absolute Gasteiger partial charge is 0.260 e. The van der Waals surface area contributed by atoms with E-state index >= 15 is 0 Å². The molecule has 0 amide bonds. The van der Waals surface area contributed by atoms with E-state index in [4.69, 9.17) is 0 Å². The number of aromatic nitrogens is 2. The normalized spacial score (nSPS) is 14.3. The van der Waals surface area contributed by atoms with Crippen molar-refractivity contribution in [2.45, 2.75) is 33.1 Å². The molecule has 0 atom stereocenters. The Balaban J connectivity index is 1.68. The second-order valence-electron chi connectivity index (χ2n) is 5.93. The summed E-state index contributed by atoms with van der Waals surface area (Å²) in [5.74, 6) is 0.820. The zero-order valence-corrected chi connectivity index (χ0v) is 14.1. The zero-order chi connectivity index (χ0) is 15.8. The molecule has 0 fully saturated rings. The van der Waals surface area contributed by atoms with Crippen molar-refractivity contribution in [2.24, 2.45) is 5.10 Å². The van der Waals surface area contributed by atoms with E-state index in [2.05, 4.69) is 51.7 Å². The van der Waals surface area contributed by atoms with Gasteiger partial charge in [0.05, 0.1) is 11.1 Å². The van der Waals surface area contributed by atoms with Crippen LogP contribution in [0.3, 0.4) is 0 Å². The summed E-state index contributed by atoms with van der Waals surface area (Å²) < 4.78 is 0. The van der Waals surface area contributed by atoms with Gasteiger partial charge in [-0.15, -0.1) is 11.3 Å². The summed E-state index contributed by atoms with van der Waals surface area (Å²) in [5, 5.41) is 5.69. The molecule has 23 heavy (non-hydrogen) atoms. The maximum atomic E-state index is 4.53. The number of hydrogen-bond donors (Lipinski definition) is 1. The summed E-state index contributed by atoms with van der Waals surface area (Å²) in [7, 11) is 0. The van der Waals surface area contributed by atoms with Crippen molar-refractivity contribution in [1.29, 1.82) is 0 Å². The third-order valence-corrected chi connectivity index (χ3v) is 5.50.